The molecule has 4 rings (SSSR count). The zero-order valence-electron chi connectivity index (χ0n) is 22.8. The number of aliphatic hydroxyl groups is 1. The molecule has 0 aliphatic heterocycles. The molecule has 216 valence electrons. The molecule has 2 aromatic heterocycles. The van der Waals surface area contributed by atoms with Crippen LogP contribution in [-0.2, 0) is 11.8 Å². The van der Waals surface area contributed by atoms with Crippen LogP contribution in [0.15, 0.2) is 85.3 Å². The van der Waals surface area contributed by atoms with E-state index in [1.807, 2.05) is 0 Å². The molecule has 0 atom stereocenters. The third-order valence-electron chi connectivity index (χ3n) is 6.31. The normalized spacial score (nSPS) is 11.9. The van der Waals surface area contributed by atoms with Gasteiger partial charge in [-0.3, -0.25) is 14.8 Å². The van der Waals surface area contributed by atoms with Gasteiger partial charge in [-0.1, -0.05) is 36.4 Å². The number of carbonyl (C=O) groups excluding carboxylic acids is 1. The monoisotopic (exact) mass is 577 g/mol. The lowest BCUT2D eigenvalue weighted by atomic mass is 9.98. The zero-order chi connectivity index (χ0) is 30.7. The first-order chi connectivity index (χ1) is 19.8. The van der Waals surface area contributed by atoms with Gasteiger partial charge in [-0.2, -0.15) is 13.2 Å². The molecule has 0 radical (unpaired) electrons. The van der Waals surface area contributed by atoms with E-state index in [1.54, 1.807) is 62.4 Å². The van der Waals surface area contributed by atoms with Crippen LogP contribution in [0.1, 0.15) is 40.9 Å². The molecule has 0 unspecified atom stereocenters. The van der Waals surface area contributed by atoms with Gasteiger partial charge in [-0.25, -0.2) is 4.39 Å². The molecule has 4 aromatic rings. The van der Waals surface area contributed by atoms with Crippen molar-refractivity contribution in [3.8, 4) is 22.5 Å². The predicted octanol–water partition coefficient (Wildman–Crippen LogP) is 6.55. The Hall–Kier alpha value is -4.90. The van der Waals surface area contributed by atoms with Crippen LogP contribution in [0, 0.1) is 11.2 Å². The summed E-state index contributed by atoms with van der Waals surface area (Å²) in [5.41, 5.74) is -1.75. The van der Waals surface area contributed by atoms with E-state index in [4.69, 9.17) is 5.41 Å². The maximum atomic E-state index is 15.0. The molecule has 0 aliphatic rings. The Balaban J connectivity index is 1.79. The van der Waals surface area contributed by atoms with Gasteiger partial charge in [-0.15, -0.1) is 0 Å². The number of hydrogen-bond donors (Lipinski definition) is 4. The highest BCUT2D eigenvalue weighted by atomic mass is 19.4. The van der Waals surface area contributed by atoms with Crippen molar-refractivity contribution in [2.45, 2.75) is 25.6 Å². The van der Waals surface area contributed by atoms with E-state index in [2.05, 4.69) is 20.6 Å². The van der Waals surface area contributed by atoms with E-state index >= 15 is 4.39 Å². The maximum Gasteiger partial charge on any atom is 0.417 e. The minimum atomic E-state index is -4.96. The maximum absolute atomic E-state index is 15.0. The number of allylic oxidation sites excluding steroid dienone is 1. The first kappa shape index (κ1) is 30.1. The number of nitrogens with one attached hydrogen (secondary N) is 3. The number of pyridine rings is 2. The van der Waals surface area contributed by atoms with Crippen LogP contribution in [0.5, 0.6) is 0 Å². The van der Waals surface area contributed by atoms with Crippen molar-refractivity contribution >= 4 is 17.3 Å². The molecule has 0 fully saturated rings. The Kier molecular flexibility index (Phi) is 8.53. The highest BCUT2D eigenvalue weighted by molar-refractivity contribution is 6.11. The summed E-state index contributed by atoms with van der Waals surface area (Å²) in [6.45, 7) is 3.25. The molecule has 11 heteroatoms. The average Bonchev–Trinajstić information content (AvgIpc) is 2.95. The van der Waals surface area contributed by atoms with Gasteiger partial charge in [0.15, 0.2) is 0 Å². The molecule has 1 amide bonds. The lowest BCUT2D eigenvalue weighted by Crippen LogP contribution is -2.19. The van der Waals surface area contributed by atoms with Gasteiger partial charge in [0.05, 0.1) is 39.5 Å². The molecule has 2 heterocycles. The lowest BCUT2D eigenvalue weighted by Gasteiger charge is -2.18. The van der Waals surface area contributed by atoms with Gasteiger partial charge in [-0.05, 0) is 50.4 Å². The number of alkyl halides is 3. The summed E-state index contributed by atoms with van der Waals surface area (Å²) < 4.78 is 56.1. The van der Waals surface area contributed by atoms with Crippen LogP contribution in [0.4, 0.5) is 23.2 Å². The SMILES string of the molecule is CN/C=C\C(=N)c1cc(C(=O)Nc2cc(-c3ccc(C(C)(C)O)cn3)cnc2-c2ccccc2)c(F)cc1C(F)(F)F. The Morgan fingerprint density at radius 2 is 1.67 bits per heavy atom. The summed E-state index contributed by atoms with van der Waals surface area (Å²) >= 11 is 0. The fourth-order valence-corrected chi connectivity index (χ4v) is 4.10. The van der Waals surface area contributed by atoms with E-state index in [9.17, 15) is 23.1 Å². The van der Waals surface area contributed by atoms with Gasteiger partial charge in [0.1, 0.15) is 5.82 Å². The number of aromatic nitrogens is 2. The fraction of sp³-hybridized carbons (Fsp3) is 0.161. The summed E-state index contributed by atoms with van der Waals surface area (Å²) in [6, 6.07) is 14.7. The van der Waals surface area contributed by atoms with E-state index in [0.717, 1.165) is 6.08 Å². The van der Waals surface area contributed by atoms with Gasteiger partial charge < -0.3 is 21.1 Å². The van der Waals surface area contributed by atoms with Gasteiger partial charge in [0.25, 0.3) is 5.91 Å². The number of anilines is 1. The lowest BCUT2D eigenvalue weighted by molar-refractivity contribution is -0.137. The molecule has 2 aromatic carbocycles. The van der Waals surface area contributed by atoms with Crippen molar-refractivity contribution in [3.05, 3.63) is 113 Å². The number of benzene rings is 2. The number of halogens is 4. The second-order valence-electron chi connectivity index (χ2n) is 9.84. The van der Waals surface area contributed by atoms with E-state index < -0.39 is 45.9 Å². The van der Waals surface area contributed by atoms with Crippen molar-refractivity contribution < 1.29 is 27.5 Å². The van der Waals surface area contributed by atoms with Gasteiger partial charge >= 0.3 is 6.18 Å². The number of rotatable bonds is 8. The van der Waals surface area contributed by atoms with Crippen LogP contribution in [0.2, 0.25) is 0 Å². The molecule has 7 nitrogen and oxygen atoms in total. The zero-order valence-corrected chi connectivity index (χ0v) is 22.8. The van der Waals surface area contributed by atoms with Crippen molar-refractivity contribution in [1.29, 1.82) is 5.41 Å². The van der Waals surface area contributed by atoms with Gasteiger partial charge in [0.2, 0.25) is 0 Å². The molecule has 0 saturated carbocycles. The standard InChI is InChI=1S/C31H27F4N5O2/c1-30(2,42)20-9-10-26(38-17-20)19-13-27(28(39-16-19)18-7-5-4-6-8-18)40-29(41)22-14-21(25(36)11-12-37-3)23(15-24(22)32)31(33,34)35/h4-17,36-37,42H,1-3H3,(H,40,41)/b12-11-,36-25?. The summed E-state index contributed by atoms with van der Waals surface area (Å²) in [6.07, 6.45) is 0.404. The topological polar surface area (TPSA) is 111 Å². The molecular formula is C31H27F4N5O2. The highest BCUT2D eigenvalue weighted by Gasteiger charge is 2.36. The average molecular weight is 578 g/mol. The Morgan fingerprint density at radius 3 is 2.26 bits per heavy atom. The Labute approximate surface area is 239 Å². The summed E-state index contributed by atoms with van der Waals surface area (Å²) in [7, 11) is 1.50. The van der Waals surface area contributed by atoms with Gasteiger partial charge in [0, 0.05) is 41.7 Å². The van der Waals surface area contributed by atoms with Crippen molar-refractivity contribution in [2.24, 2.45) is 0 Å². The predicted molar refractivity (Wildman–Crippen MR) is 153 cm³/mol. The minimum absolute atomic E-state index is 0.156. The van der Waals surface area contributed by atoms with Crippen LogP contribution in [0.25, 0.3) is 22.5 Å². The van der Waals surface area contributed by atoms with Crippen LogP contribution < -0.4 is 10.6 Å². The molecule has 0 bridgehead atoms. The number of amides is 1. The Bertz CT molecular complexity index is 1650. The molecule has 0 aliphatic carbocycles. The summed E-state index contributed by atoms with van der Waals surface area (Å²) in [5, 5.41) is 23.5. The van der Waals surface area contributed by atoms with Crippen molar-refractivity contribution in [3.63, 3.8) is 0 Å². The van der Waals surface area contributed by atoms with E-state index in [1.165, 1.54) is 25.6 Å². The molecular weight excluding hydrogens is 550 g/mol. The number of nitrogens with zero attached hydrogens (tertiary/aromatic N) is 2. The third kappa shape index (κ3) is 6.69. The Morgan fingerprint density at radius 1 is 0.952 bits per heavy atom. The van der Waals surface area contributed by atoms with Crippen molar-refractivity contribution in [2.75, 3.05) is 12.4 Å². The number of hydrogen-bond acceptors (Lipinski definition) is 6. The van der Waals surface area contributed by atoms with Crippen LogP contribution in [0.3, 0.4) is 0 Å². The second kappa shape index (κ2) is 11.9. The molecule has 0 spiro atoms. The quantitative estimate of drug-likeness (QED) is 0.140. The third-order valence-corrected chi connectivity index (χ3v) is 6.31. The van der Waals surface area contributed by atoms with Crippen molar-refractivity contribution in [1.82, 2.24) is 15.3 Å². The van der Waals surface area contributed by atoms with Crippen LogP contribution >= 0.6 is 0 Å². The smallest absolute Gasteiger partial charge is 0.394 e. The minimum Gasteiger partial charge on any atom is -0.394 e. The highest BCUT2D eigenvalue weighted by Crippen LogP contribution is 2.35. The number of carbonyl (C=O) groups is 1. The second-order valence-corrected chi connectivity index (χ2v) is 9.84. The van der Waals surface area contributed by atoms with E-state index in [0.29, 0.717) is 34.1 Å². The van der Waals surface area contributed by atoms with E-state index in [-0.39, 0.29) is 11.8 Å². The molecule has 42 heavy (non-hydrogen) atoms. The first-order valence-electron chi connectivity index (χ1n) is 12.7. The van der Waals surface area contributed by atoms with Crippen LogP contribution in [-0.4, -0.2) is 33.7 Å². The molecule has 0 saturated heterocycles. The summed E-state index contributed by atoms with van der Waals surface area (Å²) in [5.74, 6) is -2.43. The first-order valence-corrected chi connectivity index (χ1v) is 12.7. The largest absolute Gasteiger partial charge is 0.417 e. The molecule has 4 N–H and O–H groups in total. The fourth-order valence-electron chi connectivity index (χ4n) is 4.10. The summed E-state index contributed by atoms with van der Waals surface area (Å²) in [4.78, 5) is 22.2.